The molecule has 49 heavy (non-hydrogen) atoms. The Balaban J connectivity index is 0.00000541. The molecule has 6 unspecified atom stereocenters. The summed E-state index contributed by atoms with van der Waals surface area (Å²) < 4.78 is 53.0. The normalized spacial score (nSPS) is 48.3. The van der Waals surface area contributed by atoms with Crippen molar-refractivity contribution in [2.45, 2.75) is 115 Å². The Bertz CT molecular complexity index is 1360. The van der Waals surface area contributed by atoms with Crippen molar-refractivity contribution < 1.29 is 91.9 Å². The fourth-order valence-corrected chi connectivity index (χ4v) is 11.4. The van der Waals surface area contributed by atoms with Gasteiger partial charge in [0, 0.05) is 37.9 Å². The number of hydrogen-bond acceptors (Lipinski definition) is 13. The quantitative estimate of drug-likeness (QED) is 0.0571. The van der Waals surface area contributed by atoms with Crippen LogP contribution in [0.5, 0.6) is 0 Å². The number of hydrogen-bond donors (Lipinski definition) is 7. The fourth-order valence-electron chi connectivity index (χ4n) is 10.9. The van der Waals surface area contributed by atoms with Crippen molar-refractivity contribution in [3.05, 3.63) is 23.8 Å². The molecule has 0 aromatic carbocycles. The van der Waals surface area contributed by atoms with Crippen LogP contribution in [-0.4, -0.2) is 117 Å². The van der Waals surface area contributed by atoms with E-state index in [1.165, 1.54) is 7.11 Å². The average molecular weight is 727 g/mol. The van der Waals surface area contributed by atoms with Crippen molar-refractivity contribution in [2.24, 2.45) is 52.3 Å². The molecule has 0 spiro atoms. The molecule has 4 fully saturated rings. The number of aliphatic hydroxyl groups is 7. The summed E-state index contributed by atoms with van der Waals surface area (Å²) in [7, 11) is -3.96. The Hall–Kier alpha value is -0.0100. The predicted octanol–water partition coefficient (Wildman–Crippen LogP) is -2.39. The first-order valence-electron chi connectivity index (χ1n) is 17.2. The number of ether oxygens (including phenoxy) is 2. The molecule has 0 radical (unpaired) electrons. The average Bonchev–Trinajstić information content (AvgIpc) is 3.21. The first-order valence-corrected chi connectivity index (χ1v) is 18.5. The zero-order chi connectivity index (χ0) is 35.8. The van der Waals surface area contributed by atoms with Gasteiger partial charge in [-0.1, -0.05) is 52.8 Å². The van der Waals surface area contributed by atoms with Crippen molar-refractivity contribution in [3.8, 4) is 0 Å². The number of allylic oxidation sites excluding steroid dienone is 1. The molecule has 1 heterocycles. The second-order valence-corrected chi connectivity index (χ2v) is 17.0. The zero-order valence-electron chi connectivity index (χ0n) is 29.7. The van der Waals surface area contributed by atoms with Gasteiger partial charge in [-0.05, 0) is 65.8 Å². The van der Waals surface area contributed by atoms with Gasteiger partial charge in [-0.3, -0.25) is 4.18 Å². The van der Waals surface area contributed by atoms with Crippen molar-refractivity contribution in [1.29, 1.82) is 0 Å². The van der Waals surface area contributed by atoms with Gasteiger partial charge in [-0.25, -0.2) is 8.42 Å². The predicted molar refractivity (Wildman–Crippen MR) is 170 cm³/mol. The second kappa shape index (κ2) is 14.7. The van der Waals surface area contributed by atoms with Crippen LogP contribution in [0.1, 0.15) is 66.7 Å². The molecule has 7 N–H and O–H groups in total. The molecule has 0 aromatic rings. The van der Waals surface area contributed by atoms with Gasteiger partial charge in [0.05, 0.1) is 24.4 Å². The molecule has 4 aliphatic carbocycles. The van der Waals surface area contributed by atoms with Gasteiger partial charge in [-0.15, -0.1) is 0 Å². The molecule has 1 saturated heterocycles. The summed E-state index contributed by atoms with van der Waals surface area (Å²) in [6, 6.07) is 0. The van der Waals surface area contributed by atoms with Crippen LogP contribution in [0.2, 0.25) is 0 Å². The van der Waals surface area contributed by atoms with Gasteiger partial charge in [0.1, 0.15) is 24.4 Å². The van der Waals surface area contributed by atoms with E-state index in [0.717, 1.165) is 0 Å². The Morgan fingerprint density at radius 1 is 1.06 bits per heavy atom. The molecule has 0 aromatic heterocycles. The first kappa shape index (κ1) is 41.7. The number of fused-ring (bicyclic) bond motifs is 5. The standard InChI is InChI=1S/C34H56O13S.Na/c1-17(2)19(15-35)8-7-18(3)25-27(39)28(47-48(42,43)44)29-32(25,5)12-10-24-31(4)11-9-20(13-21(31)22(36)14-33(24,29)41)34(45-6)30(40)26(38)23(37)16-46-34;/h7-8,13,17-20,22-30,35-41H,9-12,14-16H2,1-6H3,(H,42,43,44);/q;+1/p-1/b8-7+;/t18-,19-,20+,22-,23?,24?,25+,26?,27-,28+,29?,30?,31+,32-,33+,34?;/m1./s1. The first-order chi connectivity index (χ1) is 22.2. The summed E-state index contributed by atoms with van der Waals surface area (Å²) >= 11 is 0. The van der Waals surface area contributed by atoms with E-state index >= 15 is 0 Å². The van der Waals surface area contributed by atoms with E-state index in [-0.39, 0.29) is 66.9 Å². The third-order valence-corrected chi connectivity index (χ3v) is 13.7. The minimum absolute atomic E-state index is 0. The Morgan fingerprint density at radius 2 is 1.71 bits per heavy atom. The van der Waals surface area contributed by atoms with Gasteiger partial charge in [0.25, 0.3) is 0 Å². The van der Waals surface area contributed by atoms with Gasteiger partial charge >= 0.3 is 29.6 Å². The summed E-state index contributed by atoms with van der Waals surface area (Å²) in [4.78, 5) is 0. The third-order valence-electron chi connectivity index (χ3n) is 13.3. The number of rotatable bonds is 9. The van der Waals surface area contributed by atoms with Gasteiger partial charge < -0.3 is 49.8 Å². The SMILES string of the molecule is COC1([C@@H]2C=C3[C@H](O)C[C@]4(O)C(CC[C@@]5(C)C4[C@@H](OS(=O)(=O)[O-])[C@H](O)[C@@H]5[C@H](C)/C=C/[C@H](CO)C(C)C)[C@@]3(C)CC2)OCC(O)C(O)C1O.[Na+]. The van der Waals surface area contributed by atoms with Crippen molar-refractivity contribution in [3.63, 3.8) is 0 Å². The summed E-state index contributed by atoms with van der Waals surface area (Å²) in [5, 5.41) is 77.9. The van der Waals surface area contributed by atoms with Gasteiger partial charge in [-0.2, -0.15) is 0 Å². The molecule has 1 aliphatic heterocycles. The van der Waals surface area contributed by atoms with E-state index in [0.29, 0.717) is 31.3 Å². The van der Waals surface area contributed by atoms with Crippen molar-refractivity contribution in [2.75, 3.05) is 20.3 Å². The second-order valence-electron chi connectivity index (χ2n) is 16.0. The molecule has 276 valence electrons. The molecule has 13 nitrogen and oxygen atoms in total. The van der Waals surface area contributed by atoms with Crippen LogP contribution in [0.15, 0.2) is 23.8 Å². The summed E-state index contributed by atoms with van der Waals surface area (Å²) in [5.74, 6) is -4.83. The Kier molecular flexibility index (Phi) is 12.5. The van der Waals surface area contributed by atoms with Crippen LogP contribution < -0.4 is 29.6 Å². The third kappa shape index (κ3) is 6.82. The summed E-state index contributed by atoms with van der Waals surface area (Å²) in [6.07, 6.45) is -1.60. The van der Waals surface area contributed by atoms with Gasteiger partial charge in [0.2, 0.25) is 16.2 Å². The smallest absolute Gasteiger partial charge is 0.726 e. The van der Waals surface area contributed by atoms with E-state index in [9.17, 15) is 48.7 Å². The summed E-state index contributed by atoms with van der Waals surface area (Å²) in [5.41, 5.74) is -2.88. The van der Waals surface area contributed by atoms with E-state index in [4.69, 9.17) is 13.7 Å². The minimum Gasteiger partial charge on any atom is -0.726 e. The maximum Gasteiger partial charge on any atom is 1.00 e. The Morgan fingerprint density at radius 3 is 2.29 bits per heavy atom. The van der Waals surface area contributed by atoms with E-state index in [1.54, 1.807) is 6.08 Å². The maximum atomic E-state index is 12.9. The van der Waals surface area contributed by atoms with E-state index in [2.05, 4.69) is 0 Å². The molecule has 16 atom stereocenters. The van der Waals surface area contributed by atoms with Crippen molar-refractivity contribution >= 4 is 10.4 Å². The van der Waals surface area contributed by atoms with Crippen LogP contribution >= 0.6 is 0 Å². The number of aliphatic hydroxyl groups excluding tert-OH is 6. The van der Waals surface area contributed by atoms with E-state index in [1.807, 2.05) is 46.8 Å². The molecule has 0 bridgehead atoms. The molecular weight excluding hydrogens is 671 g/mol. The Labute approximate surface area is 312 Å². The topological polar surface area (TPSA) is 226 Å². The molecule has 3 saturated carbocycles. The fraction of sp³-hybridized carbons (Fsp3) is 0.882. The van der Waals surface area contributed by atoms with Crippen molar-refractivity contribution in [1.82, 2.24) is 0 Å². The molecule has 0 amide bonds. The monoisotopic (exact) mass is 726 g/mol. The molecular formula is C34H55NaO13S. The molecule has 5 aliphatic rings. The van der Waals surface area contributed by atoms with Crippen LogP contribution in [0.3, 0.4) is 0 Å². The van der Waals surface area contributed by atoms with Gasteiger partial charge in [0.15, 0.2) is 0 Å². The zero-order valence-corrected chi connectivity index (χ0v) is 32.5. The maximum absolute atomic E-state index is 12.9. The molecule has 5 rings (SSSR count). The molecule has 15 heteroatoms. The minimum atomic E-state index is -5.30. The van der Waals surface area contributed by atoms with Crippen LogP contribution in [0.4, 0.5) is 0 Å². The van der Waals surface area contributed by atoms with Crippen LogP contribution in [0.25, 0.3) is 0 Å². The van der Waals surface area contributed by atoms with Crippen LogP contribution in [-0.2, 0) is 24.1 Å². The van der Waals surface area contributed by atoms with Crippen LogP contribution in [0, 0.1) is 52.3 Å². The number of methoxy groups -OCH3 is 1. The largest absolute Gasteiger partial charge is 1.00 e. The van der Waals surface area contributed by atoms with E-state index < -0.39 is 92.9 Å². The summed E-state index contributed by atoms with van der Waals surface area (Å²) in [6.45, 7) is 9.33.